The van der Waals surface area contributed by atoms with Crippen molar-refractivity contribution in [1.29, 1.82) is 0 Å². The van der Waals surface area contributed by atoms with E-state index < -0.39 is 0 Å². The lowest BCUT2D eigenvalue weighted by atomic mass is 9.76. The summed E-state index contributed by atoms with van der Waals surface area (Å²) in [7, 11) is -0.273. The number of fused-ring (bicyclic) bond motifs is 1. The van der Waals surface area contributed by atoms with E-state index in [4.69, 9.17) is 9.31 Å². The van der Waals surface area contributed by atoms with E-state index in [2.05, 4.69) is 51.2 Å². The summed E-state index contributed by atoms with van der Waals surface area (Å²) in [5.41, 5.74) is 3.16. The van der Waals surface area contributed by atoms with Gasteiger partial charge in [-0.2, -0.15) is 0 Å². The number of hydrogen-bond donors (Lipinski definition) is 1. The van der Waals surface area contributed by atoms with Crippen molar-refractivity contribution in [1.82, 2.24) is 0 Å². The van der Waals surface area contributed by atoms with E-state index in [-0.39, 0.29) is 18.3 Å². The molecule has 0 bridgehead atoms. The molecule has 0 amide bonds. The van der Waals surface area contributed by atoms with Gasteiger partial charge in [0.2, 0.25) is 0 Å². The van der Waals surface area contributed by atoms with Gasteiger partial charge in [-0.3, -0.25) is 0 Å². The molecular formula is C17H28BNO2. The predicted molar refractivity (Wildman–Crippen MR) is 90.3 cm³/mol. The molecule has 2 aliphatic rings. The molecule has 0 spiro atoms. The van der Waals surface area contributed by atoms with E-state index in [1.807, 2.05) is 13.8 Å². The molecule has 1 fully saturated rings. The van der Waals surface area contributed by atoms with Gasteiger partial charge >= 0.3 is 7.12 Å². The molecule has 0 saturated carbocycles. The normalized spacial score (nSPS) is 21.9. The van der Waals surface area contributed by atoms with E-state index in [1.165, 1.54) is 17.7 Å². The van der Waals surface area contributed by atoms with Gasteiger partial charge in [0, 0.05) is 17.7 Å². The number of hydrogen-bond acceptors (Lipinski definition) is 3. The first-order valence-electron chi connectivity index (χ1n) is 8.12. The second-order valence-corrected chi connectivity index (χ2v) is 6.50. The second-order valence-electron chi connectivity index (χ2n) is 6.50. The Hall–Kier alpha value is -0.995. The van der Waals surface area contributed by atoms with Crippen LogP contribution in [0, 0.1) is 0 Å². The summed E-state index contributed by atoms with van der Waals surface area (Å²) in [4.78, 5) is 0. The molecule has 21 heavy (non-hydrogen) atoms. The van der Waals surface area contributed by atoms with Crippen molar-refractivity contribution in [3.63, 3.8) is 0 Å². The summed E-state index contributed by atoms with van der Waals surface area (Å²) in [5, 5.41) is 3.50. The summed E-state index contributed by atoms with van der Waals surface area (Å²) in [6, 6.07) is 6.40. The SMILES string of the molecule is CC.CC1(C)OB(c2cccc3c2NCCC3)OC1(C)C. The van der Waals surface area contributed by atoms with E-state index in [9.17, 15) is 0 Å². The van der Waals surface area contributed by atoms with Gasteiger partial charge in [-0.05, 0) is 46.1 Å². The van der Waals surface area contributed by atoms with Crippen molar-refractivity contribution in [3.8, 4) is 0 Å². The quantitative estimate of drug-likeness (QED) is 0.804. The Balaban J connectivity index is 0.000000774. The number of para-hydroxylation sites is 1. The molecule has 1 aromatic rings. The van der Waals surface area contributed by atoms with Gasteiger partial charge in [0.1, 0.15) is 0 Å². The average Bonchev–Trinajstić information content (AvgIpc) is 2.69. The van der Waals surface area contributed by atoms with Crippen LogP contribution in [-0.2, 0) is 15.7 Å². The Morgan fingerprint density at radius 3 is 2.29 bits per heavy atom. The monoisotopic (exact) mass is 289 g/mol. The third-order valence-electron chi connectivity index (χ3n) is 4.61. The van der Waals surface area contributed by atoms with Gasteiger partial charge in [0.05, 0.1) is 11.2 Å². The van der Waals surface area contributed by atoms with Crippen LogP contribution in [0.3, 0.4) is 0 Å². The molecule has 3 nitrogen and oxygen atoms in total. The molecule has 2 aliphatic heterocycles. The summed E-state index contributed by atoms with van der Waals surface area (Å²) in [6.07, 6.45) is 2.33. The van der Waals surface area contributed by atoms with E-state index in [1.54, 1.807) is 0 Å². The van der Waals surface area contributed by atoms with Crippen LogP contribution in [0.25, 0.3) is 0 Å². The summed E-state index contributed by atoms with van der Waals surface area (Å²) >= 11 is 0. The van der Waals surface area contributed by atoms with E-state index in [0.29, 0.717) is 0 Å². The maximum Gasteiger partial charge on any atom is 0.496 e. The molecule has 0 aliphatic carbocycles. The van der Waals surface area contributed by atoms with Crippen LogP contribution in [-0.4, -0.2) is 24.9 Å². The van der Waals surface area contributed by atoms with Crippen molar-refractivity contribution >= 4 is 18.3 Å². The van der Waals surface area contributed by atoms with Crippen LogP contribution in [0.5, 0.6) is 0 Å². The highest BCUT2D eigenvalue weighted by molar-refractivity contribution is 6.64. The lowest BCUT2D eigenvalue weighted by molar-refractivity contribution is 0.00578. The summed E-state index contributed by atoms with van der Waals surface area (Å²) in [6.45, 7) is 13.4. The zero-order valence-corrected chi connectivity index (χ0v) is 14.2. The molecule has 0 radical (unpaired) electrons. The van der Waals surface area contributed by atoms with Gasteiger partial charge in [-0.15, -0.1) is 0 Å². The van der Waals surface area contributed by atoms with Crippen LogP contribution in [0.15, 0.2) is 18.2 Å². The Bertz CT molecular complexity index is 484. The van der Waals surface area contributed by atoms with Crippen molar-refractivity contribution < 1.29 is 9.31 Å². The molecule has 4 heteroatoms. The Labute approximate surface area is 129 Å². The van der Waals surface area contributed by atoms with Crippen LogP contribution in [0.4, 0.5) is 5.69 Å². The molecule has 1 saturated heterocycles. The molecule has 116 valence electrons. The zero-order chi connectivity index (χ0) is 15.7. The van der Waals surface area contributed by atoms with Gasteiger partial charge in [0.15, 0.2) is 0 Å². The highest BCUT2D eigenvalue weighted by Crippen LogP contribution is 2.37. The highest BCUT2D eigenvalue weighted by atomic mass is 16.7. The van der Waals surface area contributed by atoms with E-state index >= 15 is 0 Å². The first kappa shape index (κ1) is 16.4. The first-order chi connectivity index (χ1) is 9.91. The smallest absolute Gasteiger partial charge is 0.399 e. The van der Waals surface area contributed by atoms with E-state index in [0.717, 1.165) is 18.4 Å². The van der Waals surface area contributed by atoms with Gasteiger partial charge in [-0.1, -0.05) is 32.0 Å². The molecule has 0 atom stereocenters. The van der Waals surface area contributed by atoms with Gasteiger partial charge in [0.25, 0.3) is 0 Å². The third kappa shape index (κ3) is 2.97. The van der Waals surface area contributed by atoms with Crippen molar-refractivity contribution in [2.24, 2.45) is 0 Å². The fourth-order valence-electron chi connectivity index (χ4n) is 2.70. The lowest BCUT2D eigenvalue weighted by Gasteiger charge is -2.32. The van der Waals surface area contributed by atoms with Gasteiger partial charge in [-0.25, -0.2) is 0 Å². The third-order valence-corrected chi connectivity index (χ3v) is 4.61. The Kier molecular flexibility index (Phi) is 4.69. The largest absolute Gasteiger partial charge is 0.496 e. The second kappa shape index (κ2) is 6.01. The maximum atomic E-state index is 6.15. The maximum absolute atomic E-state index is 6.15. The molecule has 3 rings (SSSR count). The Morgan fingerprint density at radius 2 is 1.67 bits per heavy atom. The molecule has 2 heterocycles. The van der Waals surface area contributed by atoms with Crippen LogP contribution in [0.2, 0.25) is 0 Å². The van der Waals surface area contributed by atoms with Crippen molar-refractivity contribution in [3.05, 3.63) is 23.8 Å². The molecule has 1 N–H and O–H groups in total. The topological polar surface area (TPSA) is 30.5 Å². The standard InChI is InChI=1S/C15H22BNO2.C2H6/c1-14(2)15(3,4)19-16(18-14)12-9-5-7-11-8-6-10-17-13(11)12;1-2/h5,7,9,17H,6,8,10H2,1-4H3;1-2H3. The van der Waals surface area contributed by atoms with Crippen molar-refractivity contribution in [2.75, 3.05) is 11.9 Å². The number of nitrogens with one attached hydrogen (secondary N) is 1. The number of benzene rings is 1. The number of aryl methyl sites for hydroxylation is 1. The summed E-state index contributed by atoms with van der Waals surface area (Å²) in [5.74, 6) is 0. The number of rotatable bonds is 1. The molecular weight excluding hydrogens is 261 g/mol. The first-order valence-corrected chi connectivity index (χ1v) is 8.12. The van der Waals surface area contributed by atoms with Crippen LogP contribution < -0.4 is 10.8 Å². The lowest BCUT2D eigenvalue weighted by Crippen LogP contribution is -2.41. The fourth-order valence-corrected chi connectivity index (χ4v) is 2.70. The number of anilines is 1. The fraction of sp³-hybridized carbons (Fsp3) is 0.647. The molecule has 0 aromatic heterocycles. The predicted octanol–water partition coefficient (Wildman–Crippen LogP) is 3.37. The van der Waals surface area contributed by atoms with Crippen molar-refractivity contribution in [2.45, 2.75) is 65.6 Å². The summed E-state index contributed by atoms with van der Waals surface area (Å²) < 4.78 is 12.3. The van der Waals surface area contributed by atoms with Crippen LogP contribution >= 0.6 is 0 Å². The molecule has 1 aromatic carbocycles. The zero-order valence-electron chi connectivity index (χ0n) is 14.2. The average molecular weight is 289 g/mol. The van der Waals surface area contributed by atoms with Gasteiger partial charge < -0.3 is 14.6 Å². The minimum absolute atomic E-state index is 0.273. The minimum Gasteiger partial charge on any atom is -0.399 e. The highest BCUT2D eigenvalue weighted by Gasteiger charge is 2.52. The Morgan fingerprint density at radius 1 is 1.05 bits per heavy atom. The van der Waals surface area contributed by atoms with Crippen LogP contribution in [0.1, 0.15) is 53.5 Å². The molecule has 0 unspecified atom stereocenters. The minimum atomic E-state index is -0.283.